The number of nitrogens with zero attached hydrogens (tertiary/aromatic N) is 2. The van der Waals surface area contributed by atoms with Gasteiger partial charge in [-0.2, -0.15) is 5.10 Å². The third kappa shape index (κ3) is 4.66. The Morgan fingerprint density at radius 3 is 2.57 bits per heavy atom. The molecule has 3 rings (SSSR count). The highest BCUT2D eigenvalue weighted by atomic mass is 32.2. The summed E-state index contributed by atoms with van der Waals surface area (Å²) in [7, 11) is 2.87. The summed E-state index contributed by atoms with van der Waals surface area (Å²) in [6.07, 6.45) is 2.73. The maximum atomic E-state index is 11.8. The first-order valence-electron chi connectivity index (χ1n) is 8.24. The zero-order chi connectivity index (χ0) is 19.9. The lowest BCUT2D eigenvalue weighted by Crippen LogP contribution is -2.19. The summed E-state index contributed by atoms with van der Waals surface area (Å²) < 4.78 is 9.71. The first kappa shape index (κ1) is 19.4. The normalized spacial score (nSPS) is 16.6. The highest BCUT2D eigenvalue weighted by molar-refractivity contribution is 8.18. The van der Waals surface area contributed by atoms with Crippen LogP contribution in [-0.4, -0.2) is 37.5 Å². The van der Waals surface area contributed by atoms with Crippen LogP contribution in [0, 0.1) is 0 Å². The van der Waals surface area contributed by atoms with Gasteiger partial charge in [-0.1, -0.05) is 36.4 Å². The Morgan fingerprint density at radius 2 is 1.86 bits per heavy atom. The van der Waals surface area contributed by atoms with Gasteiger partial charge < -0.3 is 9.47 Å². The molecule has 0 saturated carbocycles. The van der Waals surface area contributed by atoms with Crippen molar-refractivity contribution in [2.24, 2.45) is 10.2 Å². The Balaban J connectivity index is 1.78. The fourth-order valence-electron chi connectivity index (χ4n) is 2.43. The van der Waals surface area contributed by atoms with Crippen LogP contribution in [0.4, 0.5) is 0 Å². The quantitative estimate of drug-likeness (QED) is 0.364. The number of methoxy groups -OCH3 is 2. The van der Waals surface area contributed by atoms with Crippen LogP contribution in [-0.2, 0) is 14.3 Å². The summed E-state index contributed by atoms with van der Waals surface area (Å²) in [5.41, 5.74) is 2.88. The largest absolute Gasteiger partial charge is 0.497 e. The van der Waals surface area contributed by atoms with E-state index >= 15 is 0 Å². The number of nitrogens with one attached hydrogen (secondary N) is 1. The number of benzene rings is 2. The third-order valence-electron chi connectivity index (χ3n) is 3.81. The average Bonchev–Trinajstić information content (AvgIpc) is 3.07. The predicted octanol–water partition coefficient (Wildman–Crippen LogP) is 2.97. The zero-order valence-electron chi connectivity index (χ0n) is 15.2. The molecule has 8 heteroatoms. The van der Waals surface area contributed by atoms with Crippen LogP contribution >= 0.6 is 11.8 Å². The third-order valence-corrected chi connectivity index (χ3v) is 4.71. The molecule has 1 saturated heterocycles. The molecule has 1 fully saturated rings. The van der Waals surface area contributed by atoms with Crippen LogP contribution in [0.3, 0.4) is 0 Å². The Morgan fingerprint density at radius 1 is 1.11 bits per heavy atom. The van der Waals surface area contributed by atoms with E-state index in [1.165, 1.54) is 7.11 Å². The number of carbonyl (C=O) groups is 2. The van der Waals surface area contributed by atoms with Gasteiger partial charge in [-0.3, -0.25) is 10.1 Å². The number of esters is 1. The molecule has 0 atom stereocenters. The lowest BCUT2D eigenvalue weighted by atomic mass is 10.0. The van der Waals surface area contributed by atoms with Gasteiger partial charge in [0.1, 0.15) is 5.75 Å². The van der Waals surface area contributed by atoms with Gasteiger partial charge in [-0.25, -0.2) is 4.79 Å². The van der Waals surface area contributed by atoms with E-state index in [-0.39, 0.29) is 4.91 Å². The molecule has 2 aromatic rings. The molecule has 1 aliphatic rings. The standard InChI is InChI=1S/C20H17N3O4S/c1-26-15-9-7-13(8-10-15)16-6-4-3-5-14(16)12-21-23-20-22-19(25)17(28-20)11-18(24)27-2/h3-12H,1-2H3,(H,22,23,25)/b17-11+,21-12?. The smallest absolute Gasteiger partial charge is 0.331 e. The van der Waals surface area contributed by atoms with Crippen LogP contribution in [0.15, 0.2) is 69.7 Å². The Kier molecular flexibility index (Phi) is 6.23. The van der Waals surface area contributed by atoms with Crippen molar-refractivity contribution in [3.05, 3.63) is 65.1 Å². The van der Waals surface area contributed by atoms with Gasteiger partial charge >= 0.3 is 5.97 Å². The monoisotopic (exact) mass is 395 g/mol. The first-order chi connectivity index (χ1) is 13.6. The van der Waals surface area contributed by atoms with E-state index in [1.54, 1.807) is 13.3 Å². The molecule has 0 unspecified atom stereocenters. The number of amides is 1. The van der Waals surface area contributed by atoms with Crippen LogP contribution in [0.2, 0.25) is 0 Å². The number of thioether (sulfide) groups is 1. The van der Waals surface area contributed by atoms with E-state index in [9.17, 15) is 9.59 Å². The molecule has 142 valence electrons. The second-order valence-electron chi connectivity index (χ2n) is 5.55. The van der Waals surface area contributed by atoms with E-state index in [4.69, 9.17) is 4.74 Å². The van der Waals surface area contributed by atoms with Crippen molar-refractivity contribution in [3.63, 3.8) is 0 Å². The van der Waals surface area contributed by atoms with E-state index < -0.39 is 11.9 Å². The minimum Gasteiger partial charge on any atom is -0.497 e. The Bertz CT molecular complexity index is 981. The highest BCUT2D eigenvalue weighted by Crippen LogP contribution is 2.26. The van der Waals surface area contributed by atoms with Gasteiger partial charge in [-0.15, -0.1) is 5.10 Å². The van der Waals surface area contributed by atoms with Gasteiger partial charge in [0.25, 0.3) is 5.91 Å². The Labute approximate surface area is 166 Å². The van der Waals surface area contributed by atoms with E-state index in [0.717, 1.165) is 40.3 Å². The van der Waals surface area contributed by atoms with Crippen molar-refractivity contribution >= 4 is 35.0 Å². The molecule has 0 spiro atoms. The number of amidine groups is 1. The van der Waals surface area contributed by atoms with Crippen molar-refractivity contribution < 1.29 is 19.1 Å². The summed E-state index contributed by atoms with van der Waals surface area (Å²) in [5.74, 6) is -0.232. The summed E-state index contributed by atoms with van der Waals surface area (Å²) in [6, 6.07) is 15.5. The average molecular weight is 395 g/mol. The van der Waals surface area contributed by atoms with Gasteiger partial charge in [0.2, 0.25) is 0 Å². The van der Waals surface area contributed by atoms with Crippen molar-refractivity contribution in [1.29, 1.82) is 0 Å². The fraction of sp³-hybridized carbons (Fsp3) is 0.100. The molecule has 2 aromatic carbocycles. The molecular formula is C20H17N3O4S. The van der Waals surface area contributed by atoms with Crippen LogP contribution in [0.5, 0.6) is 5.75 Å². The molecule has 1 amide bonds. The number of ether oxygens (including phenoxy) is 2. The van der Waals surface area contributed by atoms with Crippen molar-refractivity contribution in [3.8, 4) is 16.9 Å². The van der Waals surface area contributed by atoms with Crippen LogP contribution < -0.4 is 10.1 Å². The van der Waals surface area contributed by atoms with Crippen LogP contribution in [0.25, 0.3) is 11.1 Å². The maximum absolute atomic E-state index is 11.8. The number of carbonyl (C=O) groups excluding carboxylic acids is 2. The summed E-state index contributed by atoms with van der Waals surface area (Å²) in [5, 5.41) is 10.9. The van der Waals surface area contributed by atoms with Crippen molar-refractivity contribution in [1.82, 2.24) is 5.32 Å². The second kappa shape index (κ2) is 9.01. The van der Waals surface area contributed by atoms with Gasteiger partial charge in [0.15, 0.2) is 5.17 Å². The van der Waals surface area contributed by atoms with E-state index in [1.807, 2.05) is 48.5 Å². The molecule has 0 aliphatic carbocycles. The van der Waals surface area contributed by atoms with E-state index in [0.29, 0.717) is 5.17 Å². The molecule has 1 heterocycles. The zero-order valence-corrected chi connectivity index (χ0v) is 16.0. The van der Waals surface area contributed by atoms with Gasteiger partial charge in [-0.05, 0) is 35.0 Å². The van der Waals surface area contributed by atoms with Crippen molar-refractivity contribution in [2.75, 3.05) is 14.2 Å². The number of hydrogen-bond donors (Lipinski definition) is 1. The first-order valence-corrected chi connectivity index (χ1v) is 9.05. The summed E-state index contributed by atoms with van der Waals surface area (Å²) in [4.78, 5) is 23.3. The molecule has 7 nitrogen and oxygen atoms in total. The lowest BCUT2D eigenvalue weighted by Gasteiger charge is -2.06. The second-order valence-corrected chi connectivity index (χ2v) is 6.58. The summed E-state index contributed by atoms with van der Waals surface area (Å²) >= 11 is 1.02. The molecule has 1 N–H and O–H groups in total. The number of rotatable bonds is 5. The highest BCUT2D eigenvalue weighted by Gasteiger charge is 2.25. The molecule has 0 bridgehead atoms. The molecule has 1 aliphatic heterocycles. The molecule has 0 aromatic heterocycles. The van der Waals surface area contributed by atoms with Crippen LogP contribution in [0.1, 0.15) is 5.56 Å². The summed E-state index contributed by atoms with van der Waals surface area (Å²) in [6.45, 7) is 0. The topological polar surface area (TPSA) is 89.3 Å². The lowest BCUT2D eigenvalue weighted by molar-refractivity contribution is -0.135. The minimum absolute atomic E-state index is 0.208. The van der Waals surface area contributed by atoms with Gasteiger partial charge in [0.05, 0.1) is 25.3 Å². The van der Waals surface area contributed by atoms with Gasteiger partial charge in [0, 0.05) is 11.6 Å². The molecule has 0 radical (unpaired) electrons. The predicted molar refractivity (Wildman–Crippen MR) is 109 cm³/mol. The SMILES string of the molecule is COC(=O)/C=C1/S/C(=N\N=Cc2ccccc2-c2ccc(OC)cc2)NC1=O. The maximum Gasteiger partial charge on any atom is 0.331 e. The number of hydrogen-bond acceptors (Lipinski definition) is 7. The van der Waals surface area contributed by atoms with Crippen molar-refractivity contribution in [2.45, 2.75) is 0 Å². The molecule has 28 heavy (non-hydrogen) atoms. The Hall–Kier alpha value is -3.39. The van der Waals surface area contributed by atoms with E-state index in [2.05, 4.69) is 20.3 Å². The molecular weight excluding hydrogens is 378 g/mol. The fourth-order valence-corrected chi connectivity index (χ4v) is 3.17. The minimum atomic E-state index is -0.601.